The zero-order valence-corrected chi connectivity index (χ0v) is 14.2. The molecule has 0 bridgehead atoms. The van der Waals surface area contributed by atoms with Crippen molar-refractivity contribution < 1.29 is 14.0 Å². The van der Waals surface area contributed by atoms with E-state index in [1.54, 1.807) is 12.1 Å². The summed E-state index contributed by atoms with van der Waals surface area (Å²) in [6.45, 7) is 6.12. The smallest absolute Gasteiger partial charge is 0.277 e. The number of hydrogen-bond acceptors (Lipinski definition) is 3. The van der Waals surface area contributed by atoms with Crippen molar-refractivity contribution >= 4 is 17.4 Å². The van der Waals surface area contributed by atoms with E-state index in [4.69, 9.17) is 0 Å². The zero-order chi connectivity index (χ0) is 17.3. The molecule has 0 unspecified atom stereocenters. The van der Waals surface area contributed by atoms with Gasteiger partial charge in [0.25, 0.3) is 11.8 Å². The quantitative estimate of drug-likeness (QED) is 0.797. The third kappa shape index (κ3) is 2.95. The number of carbonyl (C=O) groups excluding carboxylic acids is 2. The maximum absolute atomic E-state index is 13.3. The Labute approximate surface area is 141 Å². The predicted molar refractivity (Wildman–Crippen MR) is 90.3 cm³/mol. The number of halogens is 1. The molecule has 24 heavy (non-hydrogen) atoms. The molecule has 2 aliphatic heterocycles. The molecule has 0 N–H and O–H groups in total. The van der Waals surface area contributed by atoms with Crippen LogP contribution in [0.2, 0.25) is 0 Å². The van der Waals surface area contributed by atoms with E-state index < -0.39 is 0 Å². The Hall–Kier alpha value is -2.17. The highest BCUT2D eigenvalue weighted by Gasteiger charge is 2.41. The second-order valence-electron chi connectivity index (χ2n) is 6.66. The Morgan fingerprint density at radius 2 is 1.71 bits per heavy atom. The van der Waals surface area contributed by atoms with Crippen LogP contribution in [-0.4, -0.2) is 41.2 Å². The van der Waals surface area contributed by atoms with E-state index in [0.717, 1.165) is 32.4 Å². The molecule has 1 aromatic carbocycles. The van der Waals surface area contributed by atoms with Crippen molar-refractivity contribution in [3.05, 3.63) is 41.3 Å². The average Bonchev–Trinajstić information content (AvgIpc) is 2.82. The number of piperidine rings is 1. The summed E-state index contributed by atoms with van der Waals surface area (Å²) in [5, 5.41) is 0. The molecule has 2 amide bonds. The van der Waals surface area contributed by atoms with Crippen molar-refractivity contribution in [2.75, 3.05) is 19.6 Å². The van der Waals surface area contributed by atoms with Crippen molar-refractivity contribution in [3.63, 3.8) is 0 Å². The minimum Gasteiger partial charge on any atom is -0.366 e. The maximum Gasteiger partial charge on any atom is 0.277 e. The van der Waals surface area contributed by atoms with Crippen LogP contribution in [0.4, 0.5) is 4.39 Å². The summed E-state index contributed by atoms with van der Waals surface area (Å²) in [4.78, 5) is 29.1. The average molecular weight is 330 g/mol. The number of imide groups is 1. The minimum atomic E-state index is -0.352. The number of carbonyl (C=O) groups is 2. The SMILES string of the molecule is CCCN1C(=O)C(c2ccc(F)cc2)=C(N2CCC(C)CC2)C1=O. The molecule has 0 spiro atoms. The number of likely N-dealkylation sites (tertiary alicyclic amines) is 1. The molecule has 2 aliphatic rings. The summed E-state index contributed by atoms with van der Waals surface area (Å²) in [6.07, 6.45) is 2.74. The number of amides is 2. The number of nitrogens with zero attached hydrogens (tertiary/aromatic N) is 2. The number of hydrogen-bond donors (Lipinski definition) is 0. The van der Waals surface area contributed by atoms with Gasteiger partial charge in [0, 0.05) is 19.6 Å². The van der Waals surface area contributed by atoms with Crippen LogP contribution in [0, 0.1) is 11.7 Å². The van der Waals surface area contributed by atoms with Gasteiger partial charge in [-0.2, -0.15) is 0 Å². The van der Waals surface area contributed by atoms with Gasteiger partial charge >= 0.3 is 0 Å². The van der Waals surface area contributed by atoms with Crippen LogP contribution in [0.3, 0.4) is 0 Å². The van der Waals surface area contributed by atoms with Crippen molar-refractivity contribution in [1.29, 1.82) is 0 Å². The van der Waals surface area contributed by atoms with Crippen molar-refractivity contribution in [1.82, 2.24) is 9.80 Å². The van der Waals surface area contributed by atoms with Gasteiger partial charge in [0.1, 0.15) is 11.5 Å². The van der Waals surface area contributed by atoms with Gasteiger partial charge in [-0.1, -0.05) is 26.0 Å². The Balaban J connectivity index is 2.03. The molecule has 0 aromatic heterocycles. The van der Waals surface area contributed by atoms with Crippen LogP contribution in [0.1, 0.15) is 38.7 Å². The Morgan fingerprint density at radius 3 is 2.29 bits per heavy atom. The summed E-state index contributed by atoms with van der Waals surface area (Å²) in [6, 6.07) is 5.83. The van der Waals surface area contributed by atoms with E-state index in [2.05, 4.69) is 6.92 Å². The monoisotopic (exact) mass is 330 g/mol. The molecule has 1 aromatic rings. The highest BCUT2D eigenvalue weighted by Crippen LogP contribution is 2.33. The summed E-state index contributed by atoms with van der Waals surface area (Å²) in [5.41, 5.74) is 1.52. The van der Waals surface area contributed by atoms with Gasteiger partial charge in [0.2, 0.25) is 0 Å². The fourth-order valence-corrected chi connectivity index (χ4v) is 3.39. The first-order valence-electron chi connectivity index (χ1n) is 8.64. The Morgan fingerprint density at radius 1 is 1.08 bits per heavy atom. The first kappa shape index (κ1) is 16.7. The molecule has 3 rings (SSSR count). The van der Waals surface area contributed by atoms with Gasteiger partial charge in [0.15, 0.2) is 0 Å². The molecule has 4 nitrogen and oxygen atoms in total. The maximum atomic E-state index is 13.3. The molecule has 0 saturated carbocycles. The fourth-order valence-electron chi connectivity index (χ4n) is 3.39. The summed E-state index contributed by atoms with van der Waals surface area (Å²) >= 11 is 0. The molecule has 0 atom stereocenters. The molecular weight excluding hydrogens is 307 g/mol. The standard InChI is InChI=1S/C19H23FN2O2/c1-3-10-22-18(23)16(14-4-6-15(20)7-5-14)17(19(22)24)21-11-8-13(2)9-12-21/h4-7,13H,3,8-12H2,1-2H3. The summed E-state index contributed by atoms with van der Waals surface area (Å²) in [5.74, 6) is -0.192. The fraction of sp³-hybridized carbons (Fsp3) is 0.474. The van der Waals surface area contributed by atoms with E-state index in [1.807, 2.05) is 11.8 Å². The molecule has 0 radical (unpaired) electrons. The lowest BCUT2D eigenvalue weighted by molar-refractivity contribution is -0.137. The van der Waals surface area contributed by atoms with Crippen LogP contribution in [0.15, 0.2) is 30.0 Å². The predicted octanol–water partition coefficient (Wildman–Crippen LogP) is 3.05. The summed E-state index contributed by atoms with van der Waals surface area (Å²) < 4.78 is 13.3. The Bertz CT molecular complexity index is 673. The summed E-state index contributed by atoms with van der Waals surface area (Å²) in [7, 11) is 0. The second kappa shape index (κ2) is 6.75. The largest absolute Gasteiger partial charge is 0.366 e. The molecule has 0 aliphatic carbocycles. The van der Waals surface area contributed by atoms with Crippen LogP contribution in [0.25, 0.3) is 5.57 Å². The molecular formula is C19H23FN2O2. The molecule has 2 heterocycles. The van der Waals surface area contributed by atoms with Gasteiger partial charge in [-0.05, 0) is 42.9 Å². The zero-order valence-electron chi connectivity index (χ0n) is 14.2. The minimum absolute atomic E-state index is 0.212. The molecule has 1 saturated heterocycles. The molecule has 5 heteroatoms. The van der Waals surface area contributed by atoms with Gasteiger partial charge in [-0.15, -0.1) is 0 Å². The lowest BCUT2D eigenvalue weighted by Crippen LogP contribution is -2.38. The van der Waals surface area contributed by atoms with E-state index in [1.165, 1.54) is 17.0 Å². The van der Waals surface area contributed by atoms with Gasteiger partial charge < -0.3 is 4.90 Å². The lowest BCUT2D eigenvalue weighted by atomic mass is 9.97. The first-order chi connectivity index (χ1) is 11.5. The van der Waals surface area contributed by atoms with Crippen LogP contribution < -0.4 is 0 Å². The van der Waals surface area contributed by atoms with Gasteiger partial charge in [-0.25, -0.2) is 4.39 Å². The third-order valence-electron chi connectivity index (χ3n) is 4.82. The van der Waals surface area contributed by atoms with Crippen molar-refractivity contribution in [2.45, 2.75) is 33.1 Å². The normalized spacial score (nSPS) is 19.6. The highest BCUT2D eigenvalue weighted by molar-refractivity contribution is 6.35. The van der Waals surface area contributed by atoms with E-state index in [0.29, 0.717) is 29.3 Å². The Kier molecular flexibility index (Phi) is 4.69. The second-order valence-corrected chi connectivity index (χ2v) is 6.66. The van der Waals surface area contributed by atoms with Crippen LogP contribution in [0.5, 0.6) is 0 Å². The highest BCUT2D eigenvalue weighted by atomic mass is 19.1. The number of benzene rings is 1. The van der Waals surface area contributed by atoms with Crippen molar-refractivity contribution in [3.8, 4) is 0 Å². The van der Waals surface area contributed by atoms with Gasteiger partial charge in [-0.3, -0.25) is 14.5 Å². The first-order valence-corrected chi connectivity index (χ1v) is 8.64. The van der Waals surface area contributed by atoms with Crippen LogP contribution in [-0.2, 0) is 9.59 Å². The van der Waals surface area contributed by atoms with E-state index >= 15 is 0 Å². The van der Waals surface area contributed by atoms with Crippen molar-refractivity contribution in [2.24, 2.45) is 5.92 Å². The molecule has 1 fully saturated rings. The molecule has 128 valence electrons. The van der Waals surface area contributed by atoms with Crippen LogP contribution >= 0.6 is 0 Å². The topological polar surface area (TPSA) is 40.6 Å². The number of rotatable bonds is 4. The van der Waals surface area contributed by atoms with Gasteiger partial charge in [0.05, 0.1) is 5.57 Å². The lowest BCUT2D eigenvalue weighted by Gasteiger charge is -2.32. The van der Waals surface area contributed by atoms with E-state index in [-0.39, 0.29) is 17.6 Å². The van der Waals surface area contributed by atoms with E-state index in [9.17, 15) is 14.0 Å². The third-order valence-corrected chi connectivity index (χ3v) is 4.82.